The van der Waals surface area contributed by atoms with Gasteiger partial charge in [0.2, 0.25) is 0 Å². The Kier molecular flexibility index (Phi) is 2.14. The number of nitrogens with zero attached hydrogens (tertiary/aromatic N) is 1. The van der Waals surface area contributed by atoms with Gasteiger partial charge in [0.05, 0.1) is 11.2 Å². The SMILES string of the molecule is CNc1c(C=O)ccc2cccnc12. The summed E-state index contributed by atoms with van der Waals surface area (Å²) in [6.45, 7) is 0. The van der Waals surface area contributed by atoms with Crippen LogP contribution in [0.4, 0.5) is 5.69 Å². The van der Waals surface area contributed by atoms with Crippen molar-refractivity contribution in [2.24, 2.45) is 0 Å². The molecule has 0 aliphatic carbocycles. The van der Waals surface area contributed by atoms with Gasteiger partial charge in [-0.3, -0.25) is 9.78 Å². The Morgan fingerprint density at radius 1 is 1.36 bits per heavy atom. The third kappa shape index (κ3) is 1.23. The number of hydrogen-bond donors (Lipinski definition) is 1. The molecule has 0 atom stereocenters. The van der Waals surface area contributed by atoms with E-state index in [9.17, 15) is 4.79 Å². The van der Waals surface area contributed by atoms with Crippen LogP contribution in [0.15, 0.2) is 30.5 Å². The molecule has 1 aromatic heterocycles. The number of rotatable bonds is 2. The van der Waals surface area contributed by atoms with Crippen molar-refractivity contribution in [2.45, 2.75) is 0 Å². The van der Waals surface area contributed by atoms with E-state index in [0.29, 0.717) is 5.56 Å². The zero-order valence-electron chi connectivity index (χ0n) is 7.82. The maximum atomic E-state index is 10.8. The highest BCUT2D eigenvalue weighted by molar-refractivity contribution is 5.99. The smallest absolute Gasteiger partial charge is 0.152 e. The zero-order valence-corrected chi connectivity index (χ0v) is 7.82. The Labute approximate surface area is 81.8 Å². The predicted molar refractivity (Wildman–Crippen MR) is 56.7 cm³/mol. The van der Waals surface area contributed by atoms with E-state index in [0.717, 1.165) is 22.9 Å². The van der Waals surface area contributed by atoms with Gasteiger partial charge in [0, 0.05) is 24.2 Å². The topological polar surface area (TPSA) is 42.0 Å². The number of aromatic nitrogens is 1. The monoisotopic (exact) mass is 186 g/mol. The number of benzene rings is 1. The number of hydrogen-bond acceptors (Lipinski definition) is 3. The van der Waals surface area contributed by atoms with Crippen molar-refractivity contribution >= 4 is 22.9 Å². The van der Waals surface area contributed by atoms with Gasteiger partial charge in [-0.15, -0.1) is 0 Å². The first-order valence-corrected chi connectivity index (χ1v) is 4.37. The number of nitrogens with one attached hydrogen (secondary N) is 1. The maximum Gasteiger partial charge on any atom is 0.152 e. The lowest BCUT2D eigenvalue weighted by Gasteiger charge is -2.06. The average Bonchev–Trinajstić information content (AvgIpc) is 2.27. The fourth-order valence-electron chi connectivity index (χ4n) is 1.52. The van der Waals surface area contributed by atoms with E-state index in [1.807, 2.05) is 18.2 Å². The normalized spacial score (nSPS) is 10.1. The lowest BCUT2D eigenvalue weighted by Crippen LogP contribution is -1.96. The maximum absolute atomic E-state index is 10.8. The molecule has 1 heterocycles. The number of pyridine rings is 1. The van der Waals surface area contributed by atoms with Crippen molar-refractivity contribution in [3.8, 4) is 0 Å². The van der Waals surface area contributed by atoms with Gasteiger partial charge in [-0.05, 0) is 12.1 Å². The summed E-state index contributed by atoms with van der Waals surface area (Å²) in [6, 6.07) is 7.54. The minimum Gasteiger partial charge on any atom is -0.386 e. The molecule has 0 bridgehead atoms. The van der Waals surface area contributed by atoms with Gasteiger partial charge in [-0.1, -0.05) is 12.1 Å². The third-order valence-corrected chi connectivity index (χ3v) is 2.18. The average molecular weight is 186 g/mol. The van der Waals surface area contributed by atoms with E-state index >= 15 is 0 Å². The molecule has 0 saturated heterocycles. The second-order valence-electron chi connectivity index (χ2n) is 2.97. The largest absolute Gasteiger partial charge is 0.386 e. The molecule has 0 amide bonds. The summed E-state index contributed by atoms with van der Waals surface area (Å²) in [4.78, 5) is 15.0. The van der Waals surface area contributed by atoms with E-state index in [1.54, 1.807) is 19.3 Å². The molecule has 2 aromatic rings. The molecule has 1 aromatic carbocycles. The van der Waals surface area contributed by atoms with E-state index in [1.165, 1.54) is 0 Å². The van der Waals surface area contributed by atoms with Crippen LogP contribution >= 0.6 is 0 Å². The third-order valence-electron chi connectivity index (χ3n) is 2.18. The molecular formula is C11H10N2O. The van der Waals surface area contributed by atoms with Gasteiger partial charge in [-0.25, -0.2) is 0 Å². The first-order chi connectivity index (χ1) is 6.86. The van der Waals surface area contributed by atoms with Crippen LogP contribution in [0.25, 0.3) is 10.9 Å². The fourth-order valence-corrected chi connectivity index (χ4v) is 1.52. The van der Waals surface area contributed by atoms with Crippen LogP contribution in [0.2, 0.25) is 0 Å². The molecule has 0 aliphatic rings. The van der Waals surface area contributed by atoms with Crippen LogP contribution in [0.1, 0.15) is 10.4 Å². The highest BCUT2D eigenvalue weighted by Crippen LogP contribution is 2.23. The lowest BCUT2D eigenvalue weighted by molar-refractivity contribution is 0.112. The Morgan fingerprint density at radius 2 is 2.21 bits per heavy atom. The van der Waals surface area contributed by atoms with Crippen molar-refractivity contribution in [3.63, 3.8) is 0 Å². The Bertz CT molecular complexity index is 480. The van der Waals surface area contributed by atoms with Crippen LogP contribution < -0.4 is 5.32 Å². The van der Waals surface area contributed by atoms with Gasteiger partial charge >= 0.3 is 0 Å². The molecule has 70 valence electrons. The van der Waals surface area contributed by atoms with Gasteiger partial charge < -0.3 is 5.32 Å². The second kappa shape index (κ2) is 3.46. The Morgan fingerprint density at radius 3 is 2.93 bits per heavy atom. The number of fused-ring (bicyclic) bond motifs is 1. The summed E-state index contributed by atoms with van der Waals surface area (Å²) in [5.74, 6) is 0. The van der Waals surface area contributed by atoms with Crippen LogP contribution in [0, 0.1) is 0 Å². The highest BCUT2D eigenvalue weighted by Gasteiger charge is 2.05. The molecule has 3 heteroatoms. The van der Waals surface area contributed by atoms with Gasteiger partial charge in [0.1, 0.15) is 0 Å². The van der Waals surface area contributed by atoms with Crippen molar-refractivity contribution in [2.75, 3.05) is 12.4 Å². The summed E-state index contributed by atoms with van der Waals surface area (Å²) in [5.41, 5.74) is 2.26. The summed E-state index contributed by atoms with van der Waals surface area (Å²) in [5, 5.41) is 4.03. The number of carbonyl (C=O) groups excluding carboxylic acids is 1. The van der Waals surface area contributed by atoms with E-state index in [4.69, 9.17) is 0 Å². The fraction of sp³-hybridized carbons (Fsp3) is 0.0909. The molecule has 1 N–H and O–H groups in total. The van der Waals surface area contributed by atoms with Gasteiger partial charge in [-0.2, -0.15) is 0 Å². The Balaban J connectivity index is 2.83. The Hall–Kier alpha value is -1.90. The molecule has 0 fully saturated rings. The van der Waals surface area contributed by atoms with Gasteiger partial charge in [0.15, 0.2) is 6.29 Å². The second-order valence-corrected chi connectivity index (χ2v) is 2.97. The standard InChI is InChI=1S/C11H10N2O/c1-12-10-9(7-14)5-4-8-3-2-6-13-11(8)10/h2-7,12H,1H3. The quantitative estimate of drug-likeness (QED) is 0.730. The number of anilines is 1. The first-order valence-electron chi connectivity index (χ1n) is 4.37. The molecule has 14 heavy (non-hydrogen) atoms. The molecule has 2 rings (SSSR count). The molecule has 3 nitrogen and oxygen atoms in total. The molecule has 0 radical (unpaired) electrons. The zero-order chi connectivity index (χ0) is 9.97. The minimum absolute atomic E-state index is 0.638. The van der Waals surface area contributed by atoms with E-state index in [-0.39, 0.29) is 0 Å². The molecule has 0 spiro atoms. The minimum atomic E-state index is 0.638. The van der Waals surface area contributed by atoms with Crippen molar-refractivity contribution in [1.82, 2.24) is 4.98 Å². The summed E-state index contributed by atoms with van der Waals surface area (Å²) >= 11 is 0. The highest BCUT2D eigenvalue weighted by atomic mass is 16.1. The number of aldehydes is 1. The van der Waals surface area contributed by atoms with E-state index in [2.05, 4.69) is 10.3 Å². The van der Waals surface area contributed by atoms with Crippen LogP contribution in [0.3, 0.4) is 0 Å². The summed E-state index contributed by atoms with van der Waals surface area (Å²) < 4.78 is 0. The van der Waals surface area contributed by atoms with E-state index < -0.39 is 0 Å². The molecule has 0 aliphatic heterocycles. The van der Waals surface area contributed by atoms with Crippen LogP contribution in [-0.4, -0.2) is 18.3 Å². The molecule has 0 unspecified atom stereocenters. The lowest BCUT2D eigenvalue weighted by atomic mass is 10.1. The summed E-state index contributed by atoms with van der Waals surface area (Å²) in [7, 11) is 1.79. The van der Waals surface area contributed by atoms with Crippen molar-refractivity contribution in [1.29, 1.82) is 0 Å². The van der Waals surface area contributed by atoms with Crippen molar-refractivity contribution < 1.29 is 4.79 Å². The van der Waals surface area contributed by atoms with Gasteiger partial charge in [0.25, 0.3) is 0 Å². The molecule has 0 saturated carbocycles. The van der Waals surface area contributed by atoms with Crippen molar-refractivity contribution in [3.05, 3.63) is 36.0 Å². The summed E-state index contributed by atoms with van der Waals surface area (Å²) in [6.07, 6.45) is 2.55. The van der Waals surface area contributed by atoms with Crippen LogP contribution in [0.5, 0.6) is 0 Å². The number of carbonyl (C=O) groups is 1. The van der Waals surface area contributed by atoms with Crippen LogP contribution in [-0.2, 0) is 0 Å². The first kappa shape index (κ1) is 8.69. The predicted octanol–water partition coefficient (Wildman–Crippen LogP) is 2.09. The molecular weight excluding hydrogens is 176 g/mol.